The number of hydrogen-bond acceptors (Lipinski definition) is 4. The lowest BCUT2D eigenvalue weighted by atomic mass is 9.92. The number of benzene rings is 1. The maximum Gasteiger partial charge on any atom is 0.231 e. The van der Waals surface area contributed by atoms with Crippen molar-refractivity contribution in [1.82, 2.24) is 10.2 Å². The molecule has 5 nitrogen and oxygen atoms in total. The second-order valence-electron chi connectivity index (χ2n) is 6.50. The van der Waals surface area contributed by atoms with Gasteiger partial charge < -0.3 is 19.7 Å². The van der Waals surface area contributed by atoms with E-state index in [1.54, 1.807) is 0 Å². The van der Waals surface area contributed by atoms with Crippen LogP contribution in [0.1, 0.15) is 18.4 Å². The van der Waals surface area contributed by atoms with E-state index >= 15 is 0 Å². The second-order valence-corrected chi connectivity index (χ2v) is 6.50. The Bertz CT molecular complexity index is 561. The van der Waals surface area contributed by atoms with Gasteiger partial charge in [0.25, 0.3) is 0 Å². The average Bonchev–Trinajstić information content (AvgIpc) is 3.12. The molecule has 5 heteroatoms. The van der Waals surface area contributed by atoms with E-state index in [1.165, 1.54) is 0 Å². The minimum atomic E-state index is 0.229. The zero-order valence-electron chi connectivity index (χ0n) is 12.7. The fraction of sp³-hybridized carbons (Fsp3) is 0.588. The van der Waals surface area contributed by atoms with Crippen molar-refractivity contribution in [3.63, 3.8) is 0 Å². The van der Waals surface area contributed by atoms with E-state index in [0.717, 1.165) is 67.9 Å². The molecule has 1 aromatic carbocycles. The van der Waals surface area contributed by atoms with E-state index in [9.17, 15) is 4.79 Å². The van der Waals surface area contributed by atoms with Crippen LogP contribution in [0.5, 0.6) is 11.5 Å². The third-order valence-electron chi connectivity index (χ3n) is 5.16. The quantitative estimate of drug-likeness (QED) is 0.897. The fourth-order valence-corrected chi connectivity index (χ4v) is 3.80. The highest BCUT2D eigenvalue weighted by Gasteiger charge is 2.31. The first kappa shape index (κ1) is 13.9. The molecule has 2 fully saturated rings. The number of carbonyl (C=O) groups excluding carboxylic acids is 1. The molecule has 22 heavy (non-hydrogen) atoms. The first-order valence-corrected chi connectivity index (χ1v) is 8.16. The van der Waals surface area contributed by atoms with Gasteiger partial charge in [-0.15, -0.1) is 0 Å². The third kappa shape index (κ3) is 2.65. The highest BCUT2D eigenvalue weighted by atomic mass is 16.7. The summed E-state index contributed by atoms with van der Waals surface area (Å²) in [5.74, 6) is 3.26. The molecule has 3 aliphatic heterocycles. The number of fused-ring (bicyclic) bond motifs is 2. The number of nitrogens with zero attached hydrogens (tertiary/aromatic N) is 1. The minimum Gasteiger partial charge on any atom is -0.454 e. The maximum absolute atomic E-state index is 12.6. The Morgan fingerprint density at radius 1 is 1.14 bits per heavy atom. The van der Waals surface area contributed by atoms with Crippen LogP contribution >= 0.6 is 0 Å². The summed E-state index contributed by atoms with van der Waals surface area (Å²) in [6.45, 7) is 4.30. The molecule has 0 aromatic heterocycles. The van der Waals surface area contributed by atoms with Crippen LogP contribution in [0.25, 0.3) is 0 Å². The molecule has 0 unspecified atom stereocenters. The van der Waals surface area contributed by atoms with E-state index in [-0.39, 0.29) is 12.7 Å². The molecule has 3 heterocycles. The molecule has 4 rings (SSSR count). The first-order chi connectivity index (χ1) is 10.8. The number of likely N-dealkylation sites (tertiary alicyclic amines) is 1. The molecule has 0 spiro atoms. The highest BCUT2D eigenvalue weighted by molar-refractivity contribution is 5.79. The largest absolute Gasteiger partial charge is 0.454 e. The molecular weight excluding hydrogens is 280 g/mol. The number of rotatable bonds is 2. The summed E-state index contributed by atoms with van der Waals surface area (Å²) >= 11 is 0. The summed E-state index contributed by atoms with van der Waals surface area (Å²) in [4.78, 5) is 14.6. The zero-order valence-corrected chi connectivity index (χ0v) is 12.7. The van der Waals surface area contributed by atoms with Gasteiger partial charge in [-0.25, -0.2) is 0 Å². The lowest BCUT2D eigenvalue weighted by molar-refractivity contribution is -0.130. The monoisotopic (exact) mass is 302 g/mol. The Balaban J connectivity index is 1.39. The molecule has 0 saturated carbocycles. The van der Waals surface area contributed by atoms with Crippen molar-refractivity contribution in [3.8, 4) is 11.5 Å². The van der Waals surface area contributed by atoms with Gasteiger partial charge in [0.2, 0.25) is 12.7 Å². The Morgan fingerprint density at radius 2 is 1.86 bits per heavy atom. The van der Waals surface area contributed by atoms with Gasteiger partial charge in [0.15, 0.2) is 11.5 Å². The third-order valence-corrected chi connectivity index (χ3v) is 5.16. The van der Waals surface area contributed by atoms with Crippen LogP contribution in [0.3, 0.4) is 0 Å². The summed E-state index contributed by atoms with van der Waals surface area (Å²) in [7, 11) is 0. The van der Waals surface area contributed by atoms with Crippen LogP contribution in [0.2, 0.25) is 0 Å². The van der Waals surface area contributed by atoms with Gasteiger partial charge in [0.05, 0.1) is 6.42 Å². The number of hydrogen-bond donors (Lipinski definition) is 1. The van der Waals surface area contributed by atoms with Crippen molar-refractivity contribution in [2.24, 2.45) is 11.8 Å². The molecule has 3 aliphatic rings. The van der Waals surface area contributed by atoms with Gasteiger partial charge in [-0.05, 0) is 55.5 Å². The van der Waals surface area contributed by atoms with Crippen molar-refractivity contribution in [1.29, 1.82) is 0 Å². The molecule has 2 saturated heterocycles. The van der Waals surface area contributed by atoms with Gasteiger partial charge >= 0.3 is 0 Å². The average molecular weight is 302 g/mol. The van der Waals surface area contributed by atoms with Crippen LogP contribution in [0.15, 0.2) is 18.2 Å². The van der Waals surface area contributed by atoms with E-state index in [2.05, 4.69) is 5.32 Å². The maximum atomic E-state index is 12.6. The molecule has 118 valence electrons. The lowest BCUT2D eigenvalue weighted by Crippen LogP contribution is -2.33. The molecule has 2 atom stereocenters. The summed E-state index contributed by atoms with van der Waals surface area (Å²) in [6, 6.07) is 5.78. The molecule has 1 N–H and O–H groups in total. The standard InChI is InChI=1S/C17H22N2O3/c20-17(8-12-1-2-15-16(7-12)22-11-21-15)19-5-3-13-9-18-10-14(13)4-6-19/h1-2,7,13-14,18H,3-6,8-11H2/t13-,14+. The second kappa shape index (κ2) is 5.80. The van der Waals surface area contributed by atoms with Crippen LogP contribution in [0, 0.1) is 11.8 Å². The van der Waals surface area contributed by atoms with Gasteiger partial charge in [-0.2, -0.15) is 0 Å². The Kier molecular flexibility index (Phi) is 3.66. The van der Waals surface area contributed by atoms with Crippen LogP contribution in [-0.4, -0.2) is 43.8 Å². The molecule has 1 amide bonds. The lowest BCUT2D eigenvalue weighted by Gasteiger charge is -2.21. The normalized spacial score (nSPS) is 26.6. The zero-order chi connectivity index (χ0) is 14.9. The molecule has 0 radical (unpaired) electrons. The molecule has 0 aliphatic carbocycles. The van der Waals surface area contributed by atoms with Crippen molar-refractivity contribution in [3.05, 3.63) is 23.8 Å². The van der Waals surface area contributed by atoms with E-state index in [0.29, 0.717) is 6.42 Å². The minimum absolute atomic E-state index is 0.229. The Labute approximate surface area is 130 Å². The smallest absolute Gasteiger partial charge is 0.231 e. The van der Waals surface area contributed by atoms with E-state index in [1.807, 2.05) is 23.1 Å². The van der Waals surface area contributed by atoms with Crippen molar-refractivity contribution in [2.75, 3.05) is 33.0 Å². The van der Waals surface area contributed by atoms with Crippen molar-refractivity contribution >= 4 is 5.91 Å². The van der Waals surface area contributed by atoms with Gasteiger partial charge in [-0.1, -0.05) is 6.07 Å². The Morgan fingerprint density at radius 3 is 2.64 bits per heavy atom. The Hall–Kier alpha value is -1.75. The summed E-state index contributed by atoms with van der Waals surface area (Å²) in [5, 5.41) is 3.47. The number of nitrogens with one attached hydrogen (secondary N) is 1. The summed E-state index contributed by atoms with van der Waals surface area (Å²) in [5.41, 5.74) is 1.00. The van der Waals surface area contributed by atoms with Gasteiger partial charge in [0, 0.05) is 13.1 Å². The summed E-state index contributed by atoms with van der Waals surface area (Å²) < 4.78 is 10.7. The van der Waals surface area contributed by atoms with Crippen LogP contribution in [0.4, 0.5) is 0 Å². The number of amides is 1. The van der Waals surface area contributed by atoms with Gasteiger partial charge in [0.1, 0.15) is 0 Å². The number of carbonyl (C=O) groups is 1. The SMILES string of the molecule is O=C(Cc1ccc2c(c1)OCO2)N1CC[C@@H]2CNC[C@@H]2CC1. The van der Waals surface area contributed by atoms with E-state index in [4.69, 9.17) is 9.47 Å². The van der Waals surface area contributed by atoms with Crippen LogP contribution < -0.4 is 14.8 Å². The predicted molar refractivity (Wildman–Crippen MR) is 81.9 cm³/mol. The topological polar surface area (TPSA) is 50.8 Å². The number of ether oxygens (including phenoxy) is 2. The van der Waals surface area contributed by atoms with Gasteiger partial charge in [-0.3, -0.25) is 4.79 Å². The first-order valence-electron chi connectivity index (χ1n) is 8.16. The predicted octanol–water partition coefficient (Wildman–Crippen LogP) is 1.42. The molecule has 1 aromatic rings. The summed E-state index contributed by atoms with van der Waals surface area (Å²) in [6.07, 6.45) is 2.71. The highest BCUT2D eigenvalue weighted by Crippen LogP contribution is 2.33. The van der Waals surface area contributed by atoms with Crippen molar-refractivity contribution < 1.29 is 14.3 Å². The van der Waals surface area contributed by atoms with Crippen LogP contribution in [-0.2, 0) is 11.2 Å². The molecule has 0 bridgehead atoms. The fourth-order valence-electron chi connectivity index (χ4n) is 3.80. The van der Waals surface area contributed by atoms with Crippen molar-refractivity contribution in [2.45, 2.75) is 19.3 Å². The van der Waals surface area contributed by atoms with E-state index < -0.39 is 0 Å². The molecular formula is C17H22N2O3.